The van der Waals surface area contributed by atoms with E-state index in [4.69, 9.17) is 5.11 Å². The van der Waals surface area contributed by atoms with Gasteiger partial charge in [-0.25, -0.2) is 4.79 Å². The second-order valence-electron chi connectivity index (χ2n) is 4.12. The molecule has 0 bridgehead atoms. The third-order valence-corrected chi connectivity index (χ3v) is 3.10. The smallest absolute Gasteiger partial charge is 0.321 e. The molecule has 0 radical (unpaired) electrons. The van der Waals surface area contributed by atoms with Crippen molar-refractivity contribution in [1.82, 2.24) is 4.90 Å². The number of hydrogen-bond donors (Lipinski definition) is 2. The molecular weight excluding hydrogens is 264 g/mol. The molecule has 104 valence electrons. The Balaban J connectivity index is 2.61. The van der Waals surface area contributed by atoms with Crippen LogP contribution in [0.15, 0.2) is 24.3 Å². The number of amides is 2. The van der Waals surface area contributed by atoms with E-state index in [-0.39, 0.29) is 12.5 Å². The third-order valence-electron chi connectivity index (χ3n) is 2.51. The van der Waals surface area contributed by atoms with Crippen molar-refractivity contribution in [3.63, 3.8) is 0 Å². The lowest BCUT2D eigenvalue weighted by molar-refractivity contribution is -0.136. The lowest BCUT2D eigenvalue weighted by Gasteiger charge is -2.17. The standard InChI is InChI=1S/C13H18N2O3S/c1-15(6-7-19-2)13(18)14-11-5-3-4-10(8-11)9-12(16)17/h3-5,8H,6-7,9H2,1-2H3,(H,14,18)(H,16,17). The molecular formula is C13H18N2O3S. The van der Waals surface area contributed by atoms with Crippen molar-refractivity contribution in [2.75, 3.05) is 30.9 Å². The van der Waals surface area contributed by atoms with Crippen LogP contribution in [0.2, 0.25) is 0 Å². The second-order valence-corrected chi connectivity index (χ2v) is 5.10. The van der Waals surface area contributed by atoms with Gasteiger partial charge in [0.2, 0.25) is 0 Å². The molecule has 2 N–H and O–H groups in total. The first-order chi connectivity index (χ1) is 9.02. The first-order valence-corrected chi connectivity index (χ1v) is 7.24. The van der Waals surface area contributed by atoms with Crippen molar-refractivity contribution in [2.24, 2.45) is 0 Å². The number of aliphatic carboxylic acids is 1. The third kappa shape index (κ3) is 5.65. The summed E-state index contributed by atoms with van der Waals surface area (Å²) in [6.45, 7) is 0.668. The van der Waals surface area contributed by atoms with E-state index >= 15 is 0 Å². The predicted molar refractivity (Wildman–Crippen MR) is 77.8 cm³/mol. The molecule has 0 saturated carbocycles. The van der Waals surface area contributed by atoms with Crippen molar-refractivity contribution >= 4 is 29.4 Å². The monoisotopic (exact) mass is 282 g/mol. The Morgan fingerprint density at radius 3 is 2.79 bits per heavy atom. The summed E-state index contributed by atoms with van der Waals surface area (Å²) in [6.07, 6.45) is 1.94. The molecule has 19 heavy (non-hydrogen) atoms. The zero-order valence-corrected chi connectivity index (χ0v) is 11.9. The van der Waals surface area contributed by atoms with Crippen LogP contribution < -0.4 is 5.32 Å². The van der Waals surface area contributed by atoms with Crippen molar-refractivity contribution in [3.8, 4) is 0 Å². The molecule has 6 heteroatoms. The summed E-state index contributed by atoms with van der Waals surface area (Å²) in [7, 11) is 1.73. The fourth-order valence-corrected chi connectivity index (χ4v) is 1.94. The van der Waals surface area contributed by atoms with Gasteiger partial charge in [-0.1, -0.05) is 12.1 Å². The van der Waals surface area contributed by atoms with Crippen LogP contribution in [0.1, 0.15) is 5.56 Å². The number of benzene rings is 1. The van der Waals surface area contributed by atoms with Crippen LogP contribution in [-0.4, -0.2) is 47.6 Å². The Bertz CT molecular complexity index is 451. The molecule has 0 aliphatic rings. The molecule has 1 aromatic carbocycles. The van der Waals surface area contributed by atoms with Gasteiger partial charge in [0.25, 0.3) is 0 Å². The maximum atomic E-state index is 11.8. The zero-order chi connectivity index (χ0) is 14.3. The number of carbonyl (C=O) groups is 2. The highest BCUT2D eigenvalue weighted by Gasteiger charge is 2.08. The normalized spacial score (nSPS) is 10.0. The van der Waals surface area contributed by atoms with Gasteiger partial charge in [-0.15, -0.1) is 0 Å². The molecule has 0 heterocycles. The summed E-state index contributed by atoms with van der Waals surface area (Å²) in [4.78, 5) is 24.1. The van der Waals surface area contributed by atoms with E-state index in [9.17, 15) is 9.59 Å². The molecule has 1 rings (SSSR count). The van der Waals surface area contributed by atoms with E-state index in [1.165, 1.54) is 0 Å². The van der Waals surface area contributed by atoms with E-state index in [1.54, 1.807) is 48.0 Å². The summed E-state index contributed by atoms with van der Waals surface area (Å²) in [6, 6.07) is 6.68. The summed E-state index contributed by atoms with van der Waals surface area (Å²) in [5, 5.41) is 11.5. The molecule has 1 aromatic rings. The van der Waals surface area contributed by atoms with Gasteiger partial charge in [0.05, 0.1) is 6.42 Å². The molecule has 0 atom stereocenters. The number of hydrogen-bond acceptors (Lipinski definition) is 3. The van der Waals surface area contributed by atoms with Gasteiger partial charge in [0.1, 0.15) is 0 Å². The van der Waals surface area contributed by atoms with E-state index < -0.39 is 5.97 Å². The lowest BCUT2D eigenvalue weighted by Crippen LogP contribution is -2.33. The Labute approximate surface area is 117 Å². The van der Waals surface area contributed by atoms with Gasteiger partial charge in [0.15, 0.2) is 0 Å². The van der Waals surface area contributed by atoms with E-state index in [0.717, 1.165) is 5.75 Å². The zero-order valence-electron chi connectivity index (χ0n) is 11.0. The van der Waals surface area contributed by atoms with E-state index in [2.05, 4.69) is 5.32 Å². The number of urea groups is 1. The van der Waals surface area contributed by atoms with E-state index in [1.807, 2.05) is 6.26 Å². The number of carboxylic acids is 1. The highest BCUT2D eigenvalue weighted by atomic mass is 32.2. The average molecular weight is 282 g/mol. The average Bonchev–Trinajstić information content (AvgIpc) is 2.35. The first kappa shape index (κ1) is 15.4. The van der Waals surface area contributed by atoms with Crippen LogP contribution in [0.3, 0.4) is 0 Å². The maximum absolute atomic E-state index is 11.8. The van der Waals surface area contributed by atoms with Crippen molar-refractivity contribution in [3.05, 3.63) is 29.8 Å². The summed E-state index contributed by atoms with van der Waals surface area (Å²) < 4.78 is 0. The Morgan fingerprint density at radius 2 is 2.16 bits per heavy atom. The maximum Gasteiger partial charge on any atom is 0.321 e. The quantitative estimate of drug-likeness (QED) is 0.838. The fraction of sp³-hybridized carbons (Fsp3) is 0.385. The molecule has 0 aromatic heterocycles. The Hall–Kier alpha value is -1.69. The van der Waals surface area contributed by atoms with Crippen molar-refractivity contribution in [1.29, 1.82) is 0 Å². The minimum atomic E-state index is -0.888. The van der Waals surface area contributed by atoms with Crippen molar-refractivity contribution in [2.45, 2.75) is 6.42 Å². The number of thioether (sulfide) groups is 1. The molecule has 0 spiro atoms. The second kappa shape index (κ2) is 7.68. The number of nitrogens with zero attached hydrogens (tertiary/aromatic N) is 1. The van der Waals surface area contributed by atoms with Gasteiger partial charge >= 0.3 is 12.0 Å². The van der Waals surface area contributed by atoms with Gasteiger partial charge in [-0.05, 0) is 24.0 Å². The molecule has 0 unspecified atom stereocenters. The SMILES string of the molecule is CSCCN(C)C(=O)Nc1cccc(CC(=O)O)c1. The van der Waals surface area contributed by atoms with Gasteiger partial charge < -0.3 is 15.3 Å². The van der Waals surface area contributed by atoms with Crippen LogP contribution in [0.25, 0.3) is 0 Å². The van der Waals surface area contributed by atoms with Gasteiger partial charge in [-0.3, -0.25) is 4.79 Å². The van der Waals surface area contributed by atoms with Crippen LogP contribution in [0.5, 0.6) is 0 Å². The van der Waals surface area contributed by atoms with Crippen LogP contribution in [0, 0.1) is 0 Å². The number of anilines is 1. The summed E-state index contributed by atoms with van der Waals surface area (Å²) in [5.41, 5.74) is 1.27. The van der Waals surface area contributed by atoms with Crippen LogP contribution in [-0.2, 0) is 11.2 Å². The van der Waals surface area contributed by atoms with Gasteiger partial charge in [0, 0.05) is 25.0 Å². The first-order valence-electron chi connectivity index (χ1n) is 5.84. The predicted octanol–water partition coefficient (Wildman–Crippen LogP) is 2.14. The number of rotatable bonds is 6. The molecule has 0 aliphatic heterocycles. The van der Waals surface area contributed by atoms with Gasteiger partial charge in [-0.2, -0.15) is 11.8 Å². The Morgan fingerprint density at radius 1 is 1.42 bits per heavy atom. The highest BCUT2D eigenvalue weighted by Crippen LogP contribution is 2.12. The van der Waals surface area contributed by atoms with Crippen molar-refractivity contribution < 1.29 is 14.7 Å². The minimum Gasteiger partial charge on any atom is -0.481 e. The van der Waals surface area contributed by atoms with Crippen LogP contribution >= 0.6 is 11.8 Å². The number of nitrogens with one attached hydrogen (secondary N) is 1. The lowest BCUT2D eigenvalue weighted by atomic mass is 10.1. The number of carboxylic acid groups (broad SMARTS) is 1. The molecule has 0 aliphatic carbocycles. The molecule has 2 amide bonds. The van der Waals surface area contributed by atoms with E-state index in [0.29, 0.717) is 17.8 Å². The molecule has 5 nitrogen and oxygen atoms in total. The highest BCUT2D eigenvalue weighted by molar-refractivity contribution is 7.98. The summed E-state index contributed by atoms with van der Waals surface area (Å²) >= 11 is 1.68. The fourth-order valence-electron chi connectivity index (χ4n) is 1.48. The largest absolute Gasteiger partial charge is 0.481 e. The van der Waals surface area contributed by atoms with Crippen LogP contribution in [0.4, 0.5) is 10.5 Å². The topological polar surface area (TPSA) is 69.6 Å². The summed E-state index contributed by atoms with van der Waals surface area (Å²) in [5.74, 6) is -0.0104. The Kier molecular flexibility index (Phi) is 6.21. The molecule has 0 fully saturated rings. The number of carbonyl (C=O) groups excluding carboxylic acids is 1. The molecule has 0 saturated heterocycles. The minimum absolute atomic E-state index is 0.0496.